The summed E-state index contributed by atoms with van der Waals surface area (Å²) in [5.74, 6) is 0. The molecule has 0 aliphatic carbocycles. The number of fused-ring (bicyclic) bond motifs is 10. The molecule has 4 atom stereocenters. The van der Waals surface area contributed by atoms with Gasteiger partial charge < -0.3 is 0 Å². The Kier molecular flexibility index (Phi) is 0.0669. The molecule has 4 unspecified atom stereocenters. The third-order valence-electron chi connectivity index (χ3n) is 21.2. The van der Waals surface area contributed by atoms with Crippen molar-refractivity contribution in [3.63, 3.8) is 0 Å². The topological polar surface area (TPSA) is 0 Å². The number of rotatable bonds is 0. The number of hydrogen-bond donors (Lipinski definition) is 0. The SMILES string of the molecule is C[C]12[CH]3[CH]4[CH]5[CH]1[Ti]45321678[CH]2[CH]1[CH]6[CH]7[CH]28. The van der Waals surface area contributed by atoms with Crippen LogP contribution in [-0.2, 0) is 8.89 Å². The molecule has 1 spiro atoms. The predicted octanol–water partition coefficient (Wildman–Crippen LogP) is 3.77. The molecule has 10 aliphatic heterocycles. The summed E-state index contributed by atoms with van der Waals surface area (Å²) < 4.78 is 15.4. The molecule has 10 saturated heterocycles. The fraction of sp³-hybridized carbons (Fsp3) is 1.00. The zero-order chi connectivity index (χ0) is 7.01. The normalized spacial score (nSPS) is 164. The monoisotopic (exact) mass is 192 g/mol. The van der Waals surface area contributed by atoms with Crippen molar-refractivity contribution >= 4 is 0 Å². The Balaban J connectivity index is 2.31. The molecular formula is C11H12Ti. The Bertz CT molecular complexity index is 750. The van der Waals surface area contributed by atoms with E-state index >= 15 is 0 Å². The van der Waals surface area contributed by atoms with Gasteiger partial charge in [0.2, 0.25) is 0 Å². The van der Waals surface area contributed by atoms with Gasteiger partial charge in [0.15, 0.2) is 0 Å². The van der Waals surface area contributed by atoms with Gasteiger partial charge in [0, 0.05) is 0 Å². The van der Waals surface area contributed by atoms with Gasteiger partial charge in [-0.05, 0) is 0 Å². The zero-order valence-corrected chi connectivity index (χ0v) is 8.76. The average molecular weight is 192 g/mol. The summed E-state index contributed by atoms with van der Waals surface area (Å²) in [6.07, 6.45) is 0. The molecule has 10 aliphatic rings. The minimum atomic E-state index is -2.81. The second kappa shape index (κ2) is 0.217. The first-order valence-electron chi connectivity index (χ1n) is 6.59. The first kappa shape index (κ1) is 3.70. The van der Waals surface area contributed by atoms with Crippen LogP contribution >= 0.6 is 0 Å². The van der Waals surface area contributed by atoms with Gasteiger partial charge in [-0.1, -0.05) is 0 Å². The molecule has 60 valence electrons. The van der Waals surface area contributed by atoms with Gasteiger partial charge >= 0.3 is 57.5 Å². The van der Waals surface area contributed by atoms with Crippen LogP contribution in [0.1, 0.15) is 6.92 Å². The third-order valence-corrected chi connectivity index (χ3v) is 83.2. The van der Waals surface area contributed by atoms with Crippen molar-refractivity contribution < 1.29 is 8.89 Å². The van der Waals surface area contributed by atoms with Crippen LogP contribution in [0.2, 0.25) is 41.7 Å². The maximum atomic E-state index is 2.83. The van der Waals surface area contributed by atoms with E-state index in [9.17, 15) is 0 Å². The molecule has 0 nitrogen and oxygen atoms in total. The van der Waals surface area contributed by atoms with Gasteiger partial charge in [-0.3, -0.25) is 0 Å². The predicted molar refractivity (Wildman–Crippen MR) is 42.1 cm³/mol. The van der Waals surface area contributed by atoms with Crippen molar-refractivity contribution in [1.29, 1.82) is 0 Å². The van der Waals surface area contributed by atoms with Gasteiger partial charge in [-0.2, -0.15) is 0 Å². The Labute approximate surface area is 57.6 Å². The molecule has 0 aromatic heterocycles. The average Bonchev–Trinajstić information content (AvgIpc) is 2.97. The van der Waals surface area contributed by atoms with Gasteiger partial charge in [0.25, 0.3) is 0 Å². The first-order chi connectivity index (χ1) is 5.55. The minimum absolute atomic E-state index is 1.22. The molecule has 0 amide bonds. The summed E-state index contributed by atoms with van der Waals surface area (Å²) in [5.41, 5.74) is 0. The van der Waals surface area contributed by atoms with Gasteiger partial charge in [0.05, 0.1) is 0 Å². The van der Waals surface area contributed by atoms with Crippen molar-refractivity contribution in [2.75, 3.05) is 0 Å². The van der Waals surface area contributed by atoms with Crippen molar-refractivity contribution in [3.8, 4) is 0 Å². The van der Waals surface area contributed by atoms with Crippen LogP contribution in [-0.4, -0.2) is 0 Å². The standard InChI is InChI=1S/C6H7.C5H5.Ti/c1-6-4-2-3-5-6;1-2-4-5-3-1;/h2-5H,1H3;1-5H;. The Morgan fingerprint density at radius 1 is 0.750 bits per heavy atom. The molecule has 0 aromatic carbocycles. The Hall–Kier alpha value is 0.714. The molecular weight excluding hydrogens is 180 g/mol. The molecule has 10 heterocycles. The Morgan fingerprint density at radius 2 is 1.17 bits per heavy atom. The second-order valence-corrected chi connectivity index (χ2v) is 46.9. The summed E-state index contributed by atoms with van der Waals surface area (Å²) in [4.78, 5) is 0. The molecule has 1 heteroatoms. The van der Waals surface area contributed by atoms with Crippen LogP contribution in [0.25, 0.3) is 0 Å². The van der Waals surface area contributed by atoms with Crippen LogP contribution in [0.15, 0.2) is 0 Å². The molecule has 10 rings (SSSR count). The molecule has 0 bridgehead atoms. The molecule has 0 saturated carbocycles. The summed E-state index contributed by atoms with van der Waals surface area (Å²) in [6, 6.07) is 0. The quantitative estimate of drug-likeness (QED) is 0.512. The molecule has 12 heavy (non-hydrogen) atoms. The molecule has 0 radical (unpaired) electrons. The van der Waals surface area contributed by atoms with Crippen LogP contribution in [0, 0.1) is 0 Å². The van der Waals surface area contributed by atoms with E-state index in [1.165, 1.54) is 3.72 Å². The van der Waals surface area contributed by atoms with Crippen LogP contribution in [0.4, 0.5) is 0 Å². The van der Waals surface area contributed by atoms with E-state index in [2.05, 4.69) is 6.92 Å². The van der Waals surface area contributed by atoms with Crippen LogP contribution in [0.5, 0.6) is 0 Å². The van der Waals surface area contributed by atoms with Crippen molar-refractivity contribution in [1.82, 2.24) is 0 Å². The van der Waals surface area contributed by atoms with Crippen molar-refractivity contribution in [2.45, 2.75) is 48.6 Å². The second-order valence-electron chi connectivity index (χ2n) is 13.2. The van der Waals surface area contributed by atoms with E-state index < -0.39 is 8.89 Å². The van der Waals surface area contributed by atoms with E-state index in [1.807, 2.05) is 0 Å². The number of hydrogen-bond acceptors (Lipinski definition) is 0. The van der Waals surface area contributed by atoms with E-state index in [1.54, 1.807) is 38.0 Å². The first-order valence-corrected chi connectivity index (χ1v) is 15.5. The molecule has 0 aromatic rings. The molecule has 10 fully saturated rings. The van der Waals surface area contributed by atoms with E-state index in [0.717, 1.165) is 0 Å². The fourth-order valence-corrected chi connectivity index (χ4v) is 149. The summed E-state index contributed by atoms with van der Waals surface area (Å²) >= 11 is 0. The van der Waals surface area contributed by atoms with E-state index in [4.69, 9.17) is 0 Å². The maximum absolute atomic E-state index is 2.83. The van der Waals surface area contributed by atoms with Crippen LogP contribution in [0.3, 0.4) is 0 Å². The van der Waals surface area contributed by atoms with Crippen LogP contribution < -0.4 is 0 Å². The van der Waals surface area contributed by atoms with Gasteiger partial charge in [-0.15, -0.1) is 0 Å². The van der Waals surface area contributed by atoms with E-state index in [-0.39, 0.29) is 0 Å². The van der Waals surface area contributed by atoms with Gasteiger partial charge in [0.1, 0.15) is 0 Å². The summed E-state index contributed by atoms with van der Waals surface area (Å²) in [5, 5.41) is 0. The summed E-state index contributed by atoms with van der Waals surface area (Å²) in [6.45, 7) is 2.83. The Morgan fingerprint density at radius 3 is 1.17 bits per heavy atom. The molecule has 0 N–H and O–H groups in total. The fourth-order valence-electron chi connectivity index (χ4n) is 25.2. The zero-order valence-electron chi connectivity index (χ0n) is 7.20. The van der Waals surface area contributed by atoms with Crippen molar-refractivity contribution in [3.05, 3.63) is 0 Å². The third kappa shape index (κ3) is 0.0221. The van der Waals surface area contributed by atoms with Gasteiger partial charge in [-0.25, -0.2) is 0 Å². The van der Waals surface area contributed by atoms with E-state index in [0.29, 0.717) is 0 Å². The summed E-state index contributed by atoms with van der Waals surface area (Å²) in [7, 11) is -2.81. The van der Waals surface area contributed by atoms with Crippen molar-refractivity contribution in [2.24, 2.45) is 0 Å².